The van der Waals surface area contributed by atoms with E-state index >= 15 is 0 Å². The van der Waals surface area contributed by atoms with Crippen LogP contribution in [0.3, 0.4) is 0 Å². The maximum Gasteiger partial charge on any atom is 0.222 e. The van der Waals surface area contributed by atoms with Crippen molar-refractivity contribution in [2.24, 2.45) is 5.73 Å². The molecule has 2 N–H and O–H groups in total. The minimum absolute atomic E-state index is 0. The van der Waals surface area contributed by atoms with E-state index in [4.69, 9.17) is 10.5 Å². The van der Waals surface area contributed by atoms with Gasteiger partial charge in [-0.25, -0.2) is 0 Å². The van der Waals surface area contributed by atoms with Gasteiger partial charge in [-0.15, -0.1) is 12.4 Å². The molecule has 0 saturated carbocycles. The van der Waals surface area contributed by atoms with Gasteiger partial charge in [0, 0.05) is 38.1 Å². The molecule has 4 nitrogen and oxygen atoms in total. The standard InChI is InChI=1S/C18H26N2O2.ClH/c19-17-13-20(12-16(17)14-6-2-1-3-7-14)18(21)10-9-15-8-4-5-11-22-15;/h1-3,6-7,15-17H,4-5,8-13,19H2;1H/t15?,16-,17+;/m0./s1. The van der Waals surface area contributed by atoms with Gasteiger partial charge >= 0.3 is 0 Å². The molecule has 0 aromatic heterocycles. The zero-order valence-corrected chi connectivity index (χ0v) is 14.3. The number of halogens is 1. The average Bonchev–Trinajstić information content (AvgIpc) is 2.96. The molecule has 3 rings (SSSR count). The highest BCUT2D eigenvalue weighted by molar-refractivity contribution is 5.85. The van der Waals surface area contributed by atoms with E-state index in [9.17, 15) is 4.79 Å². The van der Waals surface area contributed by atoms with E-state index in [1.165, 1.54) is 12.0 Å². The fourth-order valence-electron chi connectivity index (χ4n) is 3.56. The maximum absolute atomic E-state index is 12.4. The second-order valence-electron chi connectivity index (χ2n) is 6.51. The molecule has 5 heteroatoms. The van der Waals surface area contributed by atoms with Gasteiger partial charge in [0.2, 0.25) is 5.91 Å². The molecule has 23 heavy (non-hydrogen) atoms. The number of nitrogens with two attached hydrogens (primary N) is 1. The molecule has 1 aromatic carbocycles. The summed E-state index contributed by atoms with van der Waals surface area (Å²) in [5.41, 5.74) is 7.50. The van der Waals surface area contributed by atoms with Gasteiger partial charge in [0.15, 0.2) is 0 Å². The van der Waals surface area contributed by atoms with Gasteiger partial charge in [-0.05, 0) is 31.2 Å². The zero-order chi connectivity index (χ0) is 15.4. The second kappa shape index (κ2) is 8.67. The quantitative estimate of drug-likeness (QED) is 0.918. The molecule has 1 amide bonds. The average molecular weight is 339 g/mol. The molecule has 2 aliphatic heterocycles. The Morgan fingerprint density at radius 1 is 1.22 bits per heavy atom. The highest BCUT2D eigenvalue weighted by atomic mass is 35.5. The lowest BCUT2D eigenvalue weighted by Crippen LogP contribution is -2.33. The number of rotatable bonds is 4. The lowest BCUT2D eigenvalue weighted by Gasteiger charge is -2.23. The molecular formula is C18H27ClN2O2. The van der Waals surface area contributed by atoms with Crippen LogP contribution in [0.15, 0.2) is 30.3 Å². The van der Waals surface area contributed by atoms with Crippen LogP contribution in [0.5, 0.6) is 0 Å². The fourth-order valence-corrected chi connectivity index (χ4v) is 3.56. The van der Waals surface area contributed by atoms with E-state index in [2.05, 4.69) is 12.1 Å². The van der Waals surface area contributed by atoms with Crippen LogP contribution in [-0.2, 0) is 9.53 Å². The molecule has 0 spiro atoms. The molecule has 0 aliphatic carbocycles. The fraction of sp³-hybridized carbons (Fsp3) is 0.611. The number of ether oxygens (including phenoxy) is 1. The number of benzene rings is 1. The Morgan fingerprint density at radius 3 is 2.70 bits per heavy atom. The normalized spacial score (nSPS) is 27.5. The minimum Gasteiger partial charge on any atom is -0.378 e. The molecular weight excluding hydrogens is 312 g/mol. The summed E-state index contributed by atoms with van der Waals surface area (Å²) < 4.78 is 5.71. The summed E-state index contributed by atoms with van der Waals surface area (Å²) in [6.45, 7) is 2.27. The van der Waals surface area contributed by atoms with Crippen LogP contribution in [-0.4, -0.2) is 42.6 Å². The topological polar surface area (TPSA) is 55.6 Å². The van der Waals surface area contributed by atoms with Crippen molar-refractivity contribution in [1.29, 1.82) is 0 Å². The van der Waals surface area contributed by atoms with Crippen molar-refractivity contribution in [2.75, 3.05) is 19.7 Å². The summed E-state index contributed by atoms with van der Waals surface area (Å²) in [5, 5.41) is 0. The van der Waals surface area contributed by atoms with Crippen LogP contribution >= 0.6 is 12.4 Å². The van der Waals surface area contributed by atoms with E-state index < -0.39 is 0 Å². The lowest BCUT2D eigenvalue weighted by atomic mass is 9.95. The van der Waals surface area contributed by atoms with Crippen molar-refractivity contribution in [1.82, 2.24) is 4.90 Å². The Labute approximate surface area is 144 Å². The molecule has 128 valence electrons. The van der Waals surface area contributed by atoms with Crippen molar-refractivity contribution >= 4 is 18.3 Å². The van der Waals surface area contributed by atoms with E-state index in [1.54, 1.807) is 0 Å². The molecule has 1 aromatic rings. The van der Waals surface area contributed by atoms with Gasteiger partial charge in [-0.1, -0.05) is 30.3 Å². The number of likely N-dealkylation sites (tertiary alicyclic amines) is 1. The highest BCUT2D eigenvalue weighted by Gasteiger charge is 2.33. The summed E-state index contributed by atoms with van der Waals surface area (Å²) in [6, 6.07) is 10.3. The summed E-state index contributed by atoms with van der Waals surface area (Å²) in [6.07, 6.45) is 5.19. The van der Waals surface area contributed by atoms with E-state index in [0.717, 1.165) is 32.4 Å². The Kier molecular flexibility index (Phi) is 6.88. The van der Waals surface area contributed by atoms with Crippen LogP contribution in [0, 0.1) is 0 Å². The third kappa shape index (κ3) is 4.69. The number of amides is 1. The third-order valence-electron chi connectivity index (χ3n) is 4.90. The van der Waals surface area contributed by atoms with Crippen LogP contribution in [0.1, 0.15) is 43.6 Å². The summed E-state index contributed by atoms with van der Waals surface area (Å²) >= 11 is 0. The second-order valence-corrected chi connectivity index (χ2v) is 6.51. The smallest absolute Gasteiger partial charge is 0.222 e. The van der Waals surface area contributed by atoms with Crippen molar-refractivity contribution in [3.8, 4) is 0 Å². The number of nitrogens with zero attached hydrogens (tertiary/aromatic N) is 1. The van der Waals surface area contributed by atoms with Gasteiger partial charge in [-0.2, -0.15) is 0 Å². The molecule has 1 unspecified atom stereocenters. The van der Waals surface area contributed by atoms with Crippen LogP contribution in [0.25, 0.3) is 0 Å². The summed E-state index contributed by atoms with van der Waals surface area (Å²) in [7, 11) is 0. The molecule has 2 saturated heterocycles. The van der Waals surface area contributed by atoms with E-state index in [-0.39, 0.29) is 36.4 Å². The van der Waals surface area contributed by atoms with Gasteiger partial charge in [0.25, 0.3) is 0 Å². The van der Waals surface area contributed by atoms with Gasteiger partial charge < -0.3 is 15.4 Å². The van der Waals surface area contributed by atoms with E-state index in [1.807, 2.05) is 23.1 Å². The number of hydrogen-bond acceptors (Lipinski definition) is 3. The molecule has 2 fully saturated rings. The van der Waals surface area contributed by atoms with Crippen LogP contribution in [0.4, 0.5) is 0 Å². The summed E-state index contributed by atoms with van der Waals surface area (Å²) in [4.78, 5) is 14.4. The number of carbonyl (C=O) groups is 1. The first kappa shape index (κ1) is 18.2. The number of hydrogen-bond donors (Lipinski definition) is 1. The van der Waals surface area contributed by atoms with Gasteiger partial charge in [0.05, 0.1) is 6.10 Å². The van der Waals surface area contributed by atoms with Crippen LogP contribution in [0.2, 0.25) is 0 Å². The molecule has 3 atom stereocenters. The third-order valence-corrected chi connectivity index (χ3v) is 4.90. The first-order chi connectivity index (χ1) is 10.7. The highest BCUT2D eigenvalue weighted by Crippen LogP contribution is 2.27. The molecule has 0 bridgehead atoms. The van der Waals surface area contributed by atoms with E-state index in [0.29, 0.717) is 13.0 Å². The molecule has 0 radical (unpaired) electrons. The Morgan fingerprint density at radius 2 is 2.00 bits per heavy atom. The Balaban J connectivity index is 0.00000192. The minimum atomic E-state index is 0. The van der Waals surface area contributed by atoms with Crippen molar-refractivity contribution in [3.63, 3.8) is 0 Å². The Hall–Kier alpha value is -1.10. The monoisotopic (exact) mass is 338 g/mol. The van der Waals surface area contributed by atoms with Gasteiger partial charge in [0.1, 0.15) is 0 Å². The largest absolute Gasteiger partial charge is 0.378 e. The summed E-state index contributed by atoms with van der Waals surface area (Å²) in [5.74, 6) is 0.485. The zero-order valence-electron chi connectivity index (χ0n) is 13.5. The predicted octanol–water partition coefficient (Wildman–Crippen LogP) is 2.71. The van der Waals surface area contributed by atoms with Crippen molar-refractivity contribution in [3.05, 3.63) is 35.9 Å². The Bertz CT molecular complexity index is 491. The first-order valence-electron chi connectivity index (χ1n) is 8.44. The number of carbonyl (C=O) groups excluding carboxylic acids is 1. The maximum atomic E-state index is 12.4. The van der Waals surface area contributed by atoms with Crippen molar-refractivity contribution < 1.29 is 9.53 Å². The van der Waals surface area contributed by atoms with Gasteiger partial charge in [-0.3, -0.25) is 4.79 Å². The molecule has 2 aliphatic rings. The first-order valence-corrected chi connectivity index (χ1v) is 8.44. The van der Waals surface area contributed by atoms with Crippen molar-refractivity contribution in [2.45, 2.75) is 50.2 Å². The predicted molar refractivity (Wildman–Crippen MR) is 93.8 cm³/mol. The van der Waals surface area contributed by atoms with Crippen LogP contribution < -0.4 is 5.73 Å². The molecule has 2 heterocycles. The SMILES string of the molecule is Cl.N[C@@H]1CN(C(=O)CCC2CCCCO2)C[C@H]1c1ccccc1. The lowest BCUT2D eigenvalue weighted by molar-refractivity contribution is -0.131.